The van der Waals surface area contributed by atoms with Gasteiger partial charge in [-0.15, -0.1) is 0 Å². The van der Waals surface area contributed by atoms with Gasteiger partial charge in [0.25, 0.3) is 5.91 Å². The van der Waals surface area contributed by atoms with Crippen LogP contribution in [-0.2, 0) is 4.79 Å². The summed E-state index contributed by atoms with van der Waals surface area (Å²) >= 11 is 0. The fraction of sp³-hybridized carbons (Fsp3) is 0.316. The third-order valence-corrected chi connectivity index (χ3v) is 3.67. The van der Waals surface area contributed by atoms with Crippen molar-refractivity contribution in [3.63, 3.8) is 0 Å². The molecule has 0 aliphatic heterocycles. The molecule has 2 aromatic rings. The lowest BCUT2D eigenvalue weighted by Gasteiger charge is -2.21. The van der Waals surface area contributed by atoms with Gasteiger partial charge in [0.1, 0.15) is 11.5 Å². The van der Waals surface area contributed by atoms with Gasteiger partial charge >= 0.3 is 0 Å². The van der Waals surface area contributed by atoms with E-state index >= 15 is 0 Å². The number of methoxy groups -OCH3 is 1. The van der Waals surface area contributed by atoms with Crippen LogP contribution < -0.4 is 14.8 Å². The van der Waals surface area contributed by atoms with Crippen LogP contribution in [0.5, 0.6) is 11.5 Å². The standard InChI is InChI=1S/C19H23NO3/c1-4-18(15-8-6-5-7-9-15)20-19(21)14(2)23-17-12-10-16(22-3)11-13-17/h5-14,18H,4H2,1-3H3,(H,20,21)/t14-,18-/m0/s1. The van der Waals surface area contributed by atoms with Crippen LogP contribution >= 0.6 is 0 Å². The minimum absolute atomic E-state index is 0.00869. The maximum Gasteiger partial charge on any atom is 0.261 e. The molecule has 23 heavy (non-hydrogen) atoms. The van der Waals surface area contributed by atoms with Crippen molar-refractivity contribution in [3.8, 4) is 11.5 Å². The number of hydrogen-bond acceptors (Lipinski definition) is 3. The van der Waals surface area contributed by atoms with Crippen LogP contribution in [0.15, 0.2) is 54.6 Å². The molecule has 1 amide bonds. The number of rotatable bonds is 7. The first-order valence-corrected chi connectivity index (χ1v) is 7.80. The second kappa shape index (κ2) is 8.22. The maximum absolute atomic E-state index is 12.4. The molecule has 2 aromatic carbocycles. The van der Waals surface area contributed by atoms with E-state index in [1.54, 1.807) is 38.3 Å². The summed E-state index contributed by atoms with van der Waals surface area (Å²) in [7, 11) is 1.61. The van der Waals surface area contributed by atoms with Gasteiger partial charge in [-0.3, -0.25) is 4.79 Å². The normalized spacial score (nSPS) is 13.0. The SMILES string of the molecule is CC[C@H](NC(=O)[C@H](C)Oc1ccc(OC)cc1)c1ccccc1. The van der Waals surface area contributed by atoms with Crippen LogP contribution in [0.4, 0.5) is 0 Å². The van der Waals surface area contributed by atoms with Gasteiger partial charge < -0.3 is 14.8 Å². The fourth-order valence-electron chi connectivity index (χ4n) is 2.31. The summed E-state index contributed by atoms with van der Waals surface area (Å²) in [5.74, 6) is 1.27. The third-order valence-electron chi connectivity index (χ3n) is 3.67. The number of carbonyl (C=O) groups excluding carboxylic acids is 1. The minimum atomic E-state index is -0.568. The number of hydrogen-bond donors (Lipinski definition) is 1. The van der Waals surface area contributed by atoms with Crippen LogP contribution in [0, 0.1) is 0 Å². The van der Waals surface area contributed by atoms with E-state index in [-0.39, 0.29) is 11.9 Å². The van der Waals surface area contributed by atoms with Crippen molar-refractivity contribution in [2.24, 2.45) is 0 Å². The summed E-state index contributed by atoms with van der Waals surface area (Å²) in [5, 5.41) is 3.04. The van der Waals surface area contributed by atoms with Gasteiger partial charge in [0.05, 0.1) is 13.2 Å². The molecule has 0 unspecified atom stereocenters. The van der Waals surface area contributed by atoms with E-state index < -0.39 is 6.10 Å². The molecule has 4 nitrogen and oxygen atoms in total. The molecule has 0 radical (unpaired) electrons. The molecule has 0 bridgehead atoms. The number of nitrogens with one attached hydrogen (secondary N) is 1. The molecule has 2 atom stereocenters. The Bertz CT molecular complexity index is 610. The summed E-state index contributed by atoms with van der Waals surface area (Å²) in [4.78, 5) is 12.4. The first-order valence-electron chi connectivity index (χ1n) is 7.80. The predicted molar refractivity (Wildman–Crippen MR) is 90.7 cm³/mol. The highest BCUT2D eigenvalue weighted by molar-refractivity contribution is 5.81. The van der Waals surface area contributed by atoms with Crippen LogP contribution in [0.3, 0.4) is 0 Å². The van der Waals surface area contributed by atoms with Crippen LogP contribution in [0.1, 0.15) is 31.9 Å². The van der Waals surface area contributed by atoms with E-state index in [1.807, 2.05) is 37.3 Å². The zero-order valence-corrected chi connectivity index (χ0v) is 13.8. The van der Waals surface area contributed by atoms with Crippen molar-refractivity contribution in [3.05, 3.63) is 60.2 Å². The van der Waals surface area contributed by atoms with E-state index in [1.165, 1.54) is 0 Å². The zero-order chi connectivity index (χ0) is 16.7. The molecule has 1 N–H and O–H groups in total. The van der Waals surface area contributed by atoms with Crippen molar-refractivity contribution in [1.82, 2.24) is 5.32 Å². The smallest absolute Gasteiger partial charge is 0.261 e. The molecule has 2 rings (SSSR count). The van der Waals surface area contributed by atoms with E-state index in [9.17, 15) is 4.79 Å². The Balaban J connectivity index is 1.95. The van der Waals surface area contributed by atoms with Crippen molar-refractivity contribution in [1.29, 1.82) is 0 Å². The molecule has 0 aliphatic carbocycles. The zero-order valence-electron chi connectivity index (χ0n) is 13.8. The van der Waals surface area contributed by atoms with Crippen molar-refractivity contribution >= 4 is 5.91 Å². The van der Waals surface area contributed by atoms with Gasteiger partial charge in [-0.2, -0.15) is 0 Å². The van der Waals surface area contributed by atoms with E-state index in [4.69, 9.17) is 9.47 Å². The molecule has 0 heterocycles. The van der Waals surface area contributed by atoms with E-state index in [0.29, 0.717) is 5.75 Å². The molecule has 122 valence electrons. The van der Waals surface area contributed by atoms with Crippen molar-refractivity contribution in [2.75, 3.05) is 7.11 Å². The summed E-state index contributed by atoms with van der Waals surface area (Å²) in [6.07, 6.45) is 0.256. The first kappa shape index (κ1) is 16.9. The second-order valence-corrected chi connectivity index (χ2v) is 5.32. The van der Waals surface area contributed by atoms with E-state index in [2.05, 4.69) is 5.32 Å². The van der Waals surface area contributed by atoms with Crippen LogP contribution in [0.2, 0.25) is 0 Å². The topological polar surface area (TPSA) is 47.6 Å². The Hall–Kier alpha value is -2.49. The average Bonchev–Trinajstić information content (AvgIpc) is 2.60. The predicted octanol–water partition coefficient (Wildman–Crippen LogP) is 3.73. The molecule has 0 aliphatic rings. The highest BCUT2D eigenvalue weighted by atomic mass is 16.5. The summed E-state index contributed by atoms with van der Waals surface area (Å²) in [5.41, 5.74) is 1.10. The Labute approximate surface area is 137 Å². The van der Waals surface area contributed by atoms with Crippen LogP contribution in [-0.4, -0.2) is 19.1 Å². The van der Waals surface area contributed by atoms with Gasteiger partial charge in [-0.25, -0.2) is 0 Å². The molecule has 0 aromatic heterocycles. The lowest BCUT2D eigenvalue weighted by atomic mass is 10.0. The molecule has 4 heteroatoms. The number of benzene rings is 2. The Kier molecular flexibility index (Phi) is 6.03. The molecular weight excluding hydrogens is 290 g/mol. The van der Waals surface area contributed by atoms with Gasteiger partial charge in [-0.1, -0.05) is 37.3 Å². The Morgan fingerprint density at radius 3 is 2.22 bits per heavy atom. The van der Waals surface area contributed by atoms with Crippen molar-refractivity contribution < 1.29 is 14.3 Å². The maximum atomic E-state index is 12.4. The fourth-order valence-corrected chi connectivity index (χ4v) is 2.31. The van der Waals surface area contributed by atoms with Crippen LogP contribution in [0.25, 0.3) is 0 Å². The van der Waals surface area contributed by atoms with Gasteiger partial charge in [-0.05, 0) is 43.2 Å². The highest BCUT2D eigenvalue weighted by Gasteiger charge is 2.19. The number of amides is 1. The monoisotopic (exact) mass is 313 g/mol. The summed E-state index contributed by atoms with van der Waals surface area (Å²) in [6, 6.07) is 17.1. The average molecular weight is 313 g/mol. The first-order chi connectivity index (χ1) is 11.1. The molecule has 0 spiro atoms. The number of ether oxygens (including phenoxy) is 2. The second-order valence-electron chi connectivity index (χ2n) is 5.32. The third kappa shape index (κ3) is 4.74. The Morgan fingerprint density at radius 1 is 1.04 bits per heavy atom. The molecule has 0 saturated carbocycles. The highest BCUT2D eigenvalue weighted by Crippen LogP contribution is 2.19. The van der Waals surface area contributed by atoms with Crippen molar-refractivity contribution in [2.45, 2.75) is 32.4 Å². The summed E-state index contributed by atoms with van der Waals surface area (Å²) in [6.45, 7) is 3.80. The quantitative estimate of drug-likeness (QED) is 0.847. The Morgan fingerprint density at radius 2 is 1.65 bits per heavy atom. The van der Waals surface area contributed by atoms with Gasteiger partial charge in [0.2, 0.25) is 0 Å². The summed E-state index contributed by atoms with van der Waals surface area (Å²) < 4.78 is 10.8. The lowest BCUT2D eigenvalue weighted by molar-refractivity contribution is -0.128. The van der Waals surface area contributed by atoms with Gasteiger partial charge in [0, 0.05) is 0 Å². The van der Waals surface area contributed by atoms with E-state index in [0.717, 1.165) is 17.7 Å². The molecular formula is C19H23NO3. The lowest BCUT2D eigenvalue weighted by Crippen LogP contribution is -2.38. The minimum Gasteiger partial charge on any atom is -0.497 e. The largest absolute Gasteiger partial charge is 0.497 e. The number of carbonyl (C=O) groups is 1. The van der Waals surface area contributed by atoms with Gasteiger partial charge in [0.15, 0.2) is 6.10 Å². The molecule has 0 saturated heterocycles. The molecule has 0 fully saturated rings.